The van der Waals surface area contributed by atoms with Crippen molar-refractivity contribution >= 4 is 5.69 Å². The Morgan fingerprint density at radius 1 is 1.33 bits per heavy atom. The van der Waals surface area contributed by atoms with Crippen LogP contribution in [0.5, 0.6) is 0 Å². The first-order chi connectivity index (χ1) is 7.29. The van der Waals surface area contributed by atoms with Crippen molar-refractivity contribution in [2.75, 3.05) is 18.8 Å². The van der Waals surface area contributed by atoms with Gasteiger partial charge in [-0.3, -0.25) is 4.90 Å². The van der Waals surface area contributed by atoms with Crippen LogP contribution in [0.2, 0.25) is 0 Å². The van der Waals surface area contributed by atoms with E-state index in [1.165, 1.54) is 31.5 Å². The van der Waals surface area contributed by atoms with Crippen LogP contribution in [0, 0.1) is 11.3 Å². The van der Waals surface area contributed by atoms with Crippen LogP contribution in [-0.2, 0) is 6.54 Å². The molecule has 1 saturated heterocycles. The molecule has 0 aliphatic carbocycles. The zero-order valence-electron chi connectivity index (χ0n) is 8.74. The third-order valence-electron chi connectivity index (χ3n) is 2.84. The number of nitrogens with zero attached hydrogens (tertiary/aromatic N) is 2. The van der Waals surface area contributed by atoms with Crippen LogP contribution >= 0.6 is 0 Å². The first-order valence-electron chi connectivity index (χ1n) is 5.30. The van der Waals surface area contributed by atoms with Crippen LogP contribution in [0.15, 0.2) is 18.2 Å². The predicted molar refractivity (Wildman–Crippen MR) is 60.1 cm³/mol. The molecule has 0 radical (unpaired) electrons. The number of rotatable bonds is 2. The molecule has 3 nitrogen and oxygen atoms in total. The lowest BCUT2D eigenvalue weighted by atomic mass is 10.1. The van der Waals surface area contributed by atoms with E-state index in [0.717, 1.165) is 6.54 Å². The second kappa shape index (κ2) is 4.33. The molecule has 2 rings (SSSR count). The molecule has 78 valence electrons. The molecule has 0 saturated carbocycles. The van der Waals surface area contributed by atoms with Gasteiger partial charge in [-0.25, -0.2) is 0 Å². The molecular formula is C12H15N3. The summed E-state index contributed by atoms with van der Waals surface area (Å²) in [5.41, 5.74) is 8.02. The van der Waals surface area contributed by atoms with E-state index in [9.17, 15) is 0 Å². The molecule has 0 bridgehead atoms. The van der Waals surface area contributed by atoms with E-state index in [-0.39, 0.29) is 0 Å². The lowest BCUT2D eigenvalue weighted by Gasteiger charge is -2.14. The van der Waals surface area contributed by atoms with Gasteiger partial charge in [0.1, 0.15) is 6.07 Å². The minimum atomic E-state index is 0.572. The fourth-order valence-corrected chi connectivity index (χ4v) is 2.00. The minimum Gasteiger partial charge on any atom is -0.398 e. The van der Waals surface area contributed by atoms with Crippen molar-refractivity contribution in [3.05, 3.63) is 29.3 Å². The van der Waals surface area contributed by atoms with Crippen LogP contribution < -0.4 is 5.73 Å². The minimum absolute atomic E-state index is 0.572. The van der Waals surface area contributed by atoms with Gasteiger partial charge in [-0.2, -0.15) is 5.26 Å². The summed E-state index contributed by atoms with van der Waals surface area (Å²) in [5, 5.41) is 8.86. The van der Waals surface area contributed by atoms with Gasteiger partial charge >= 0.3 is 0 Å². The lowest BCUT2D eigenvalue weighted by Crippen LogP contribution is -2.18. The van der Waals surface area contributed by atoms with Crippen LogP contribution in [0.25, 0.3) is 0 Å². The first-order valence-corrected chi connectivity index (χ1v) is 5.30. The molecule has 1 fully saturated rings. The average molecular weight is 201 g/mol. The van der Waals surface area contributed by atoms with Crippen molar-refractivity contribution in [2.24, 2.45) is 0 Å². The normalized spacial score (nSPS) is 16.5. The molecular weight excluding hydrogens is 186 g/mol. The third-order valence-corrected chi connectivity index (χ3v) is 2.84. The Hall–Kier alpha value is -1.53. The van der Waals surface area contributed by atoms with Gasteiger partial charge < -0.3 is 5.73 Å². The predicted octanol–water partition coefficient (Wildman–Crippen LogP) is 1.74. The second-order valence-corrected chi connectivity index (χ2v) is 4.02. The van der Waals surface area contributed by atoms with E-state index >= 15 is 0 Å². The molecule has 0 atom stereocenters. The number of anilines is 1. The van der Waals surface area contributed by atoms with Crippen molar-refractivity contribution in [2.45, 2.75) is 19.4 Å². The number of nitriles is 1. The monoisotopic (exact) mass is 201 g/mol. The van der Waals surface area contributed by atoms with Crippen molar-refractivity contribution in [1.29, 1.82) is 5.26 Å². The van der Waals surface area contributed by atoms with Gasteiger partial charge in [-0.05, 0) is 43.6 Å². The Bertz CT molecular complexity index is 386. The summed E-state index contributed by atoms with van der Waals surface area (Å²) in [5.74, 6) is 0. The number of hydrogen-bond donors (Lipinski definition) is 1. The van der Waals surface area contributed by atoms with Crippen LogP contribution in [0.3, 0.4) is 0 Å². The topological polar surface area (TPSA) is 53.0 Å². The molecule has 1 aromatic carbocycles. The quantitative estimate of drug-likeness (QED) is 0.741. The standard InChI is InChI=1S/C12H15N3/c13-8-11-7-10(3-4-12(11)14)9-15-5-1-2-6-15/h3-4,7H,1-2,5-6,9,14H2. The molecule has 2 N–H and O–H groups in total. The SMILES string of the molecule is N#Cc1cc(CN2CCCC2)ccc1N. The number of hydrogen-bond acceptors (Lipinski definition) is 3. The molecule has 3 heteroatoms. The zero-order valence-corrected chi connectivity index (χ0v) is 8.74. The van der Waals surface area contributed by atoms with Gasteiger partial charge in [0.2, 0.25) is 0 Å². The van der Waals surface area contributed by atoms with Gasteiger partial charge in [-0.15, -0.1) is 0 Å². The molecule has 0 aromatic heterocycles. The second-order valence-electron chi connectivity index (χ2n) is 4.02. The Kier molecular flexibility index (Phi) is 2.89. The van der Waals surface area contributed by atoms with Gasteiger partial charge in [0.25, 0.3) is 0 Å². The van der Waals surface area contributed by atoms with Crippen molar-refractivity contribution in [3.8, 4) is 6.07 Å². The molecule has 1 aliphatic rings. The summed E-state index contributed by atoms with van der Waals surface area (Å²) in [6.07, 6.45) is 2.58. The number of likely N-dealkylation sites (tertiary alicyclic amines) is 1. The largest absolute Gasteiger partial charge is 0.398 e. The summed E-state index contributed by atoms with van der Waals surface area (Å²) in [4.78, 5) is 2.41. The van der Waals surface area contributed by atoms with Gasteiger partial charge in [0, 0.05) is 12.2 Å². The first kappa shape index (κ1) is 10.0. The summed E-state index contributed by atoms with van der Waals surface area (Å²) in [6, 6.07) is 7.85. The van der Waals surface area contributed by atoms with Crippen molar-refractivity contribution in [1.82, 2.24) is 4.90 Å². The molecule has 0 spiro atoms. The highest BCUT2D eigenvalue weighted by Crippen LogP contribution is 2.17. The summed E-state index contributed by atoms with van der Waals surface area (Å²) in [7, 11) is 0. The van der Waals surface area contributed by atoms with Crippen LogP contribution in [-0.4, -0.2) is 18.0 Å². The molecule has 1 aromatic rings. The van der Waals surface area contributed by atoms with Crippen molar-refractivity contribution in [3.63, 3.8) is 0 Å². The molecule has 0 amide bonds. The molecule has 15 heavy (non-hydrogen) atoms. The highest BCUT2D eigenvalue weighted by Gasteiger charge is 2.12. The van der Waals surface area contributed by atoms with Gasteiger partial charge in [-0.1, -0.05) is 6.07 Å². The Labute approximate surface area is 90.1 Å². The van der Waals surface area contributed by atoms with E-state index in [2.05, 4.69) is 11.0 Å². The van der Waals surface area contributed by atoms with E-state index in [4.69, 9.17) is 11.0 Å². The van der Waals surface area contributed by atoms with E-state index in [1.807, 2.05) is 18.2 Å². The van der Waals surface area contributed by atoms with Crippen molar-refractivity contribution < 1.29 is 0 Å². The van der Waals surface area contributed by atoms with Crippen LogP contribution in [0.4, 0.5) is 5.69 Å². The van der Waals surface area contributed by atoms with Crippen LogP contribution in [0.1, 0.15) is 24.0 Å². The fourth-order valence-electron chi connectivity index (χ4n) is 2.00. The molecule has 1 aliphatic heterocycles. The highest BCUT2D eigenvalue weighted by atomic mass is 15.1. The zero-order chi connectivity index (χ0) is 10.7. The molecule has 1 heterocycles. The highest BCUT2D eigenvalue weighted by molar-refractivity contribution is 5.55. The summed E-state index contributed by atoms with van der Waals surface area (Å²) < 4.78 is 0. The summed E-state index contributed by atoms with van der Waals surface area (Å²) in [6.45, 7) is 3.29. The number of nitrogens with two attached hydrogens (primary N) is 1. The number of nitrogen functional groups attached to an aromatic ring is 1. The molecule has 0 unspecified atom stereocenters. The summed E-state index contributed by atoms with van der Waals surface area (Å²) >= 11 is 0. The van der Waals surface area contributed by atoms with E-state index in [0.29, 0.717) is 11.3 Å². The average Bonchev–Trinajstić information content (AvgIpc) is 2.73. The maximum Gasteiger partial charge on any atom is 0.101 e. The Balaban J connectivity index is 2.11. The van der Waals surface area contributed by atoms with E-state index in [1.54, 1.807) is 0 Å². The maximum absolute atomic E-state index is 8.86. The van der Waals surface area contributed by atoms with Gasteiger partial charge in [0.05, 0.1) is 5.56 Å². The Morgan fingerprint density at radius 3 is 2.73 bits per heavy atom. The van der Waals surface area contributed by atoms with Gasteiger partial charge in [0.15, 0.2) is 0 Å². The Morgan fingerprint density at radius 2 is 2.07 bits per heavy atom. The maximum atomic E-state index is 8.86. The fraction of sp³-hybridized carbons (Fsp3) is 0.417. The smallest absolute Gasteiger partial charge is 0.101 e. The lowest BCUT2D eigenvalue weighted by molar-refractivity contribution is 0.331. The third kappa shape index (κ3) is 2.28. The number of benzene rings is 1. The van der Waals surface area contributed by atoms with E-state index < -0.39 is 0 Å².